The Labute approximate surface area is 262 Å². The van der Waals surface area contributed by atoms with Gasteiger partial charge in [-0.3, -0.25) is 24.0 Å². The molecule has 1 aromatic carbocycles. The molecular formula is C34H52N4O6. The van der Waals surface area contributed by atoms with Crippen molar-refractivity contribution >= 4 is 35.1 Å². The molecule has 1 saturated carbocycles. The molecule has 1 aliphatic heterocycles. The number of Topliss-reactive ketones (excluding diaryl/α,β-unsaturated/α-hetero) is 1. The van der Waals surface area contributed by atoms with Gasteiger partial charge in [-0.15, -0.1) is 0 Å². The van der Waals surface area contributed by atoms with Crippen molar-refractivity contribution in [3.05, 3.63) is 29.8 Å². The van der Waals surface area contributed by atoms with Crippen LogP contribution in [-0.4, -0.2) is 65.3 Å². The molecule has 3 unspecified atom stereocenters. The van der Waals surface area contributed by atoms with Crippen LogP contribution in [0.5, 0.6) is 0 Å². The zero-order valence-corrected chi connectivity index (χ0v) is 27.0. The number of aliphatic hydroxyl groups is 1. The van der Waals surface area contributed by atoms with Crippen LogP contribution in [0.2, 0.25) is 0 Å². The van der Waals surface area contributed by atoms with Gasteiger partial charge in [0.25, 0.3) is 0 Å². The lowest BCUT2D eigenvalue weighted by Crippen LogP contribution is -2.56. The molecule has 0 radical (unpaired) electrons. The van der Waals surface area contributed by atoms with E-state index in [9.17, 15) is 29.1 Å². The number of nitrogens with zero attached hydrogens (tertiary/aromatic N) is 1. The summed E-state index contributed by atoms with van der Waals surface area (Å²) < 4.78 is 0. The molecule has 10 nitrogen and oxygen atoms in total. The molecule has 4 amide bonds. The highest BCUT2D eigenvalue weighted by atomic mass is 16.3. The SMILES string of the molecule is CCC(=O)CC(CC)Cc1ccc(NC(=O)CNC(=O)C2(C(=O)NCCCCCN3C(=O)C(C(C)C)CC3O)CCC2)cc1. The quantitative estimate of drug-likeness (QED) is 0.146. The summed E-state index contributed by atoms with van der Waals surface area (Å²) in [5, 5.41) is 18.6. The van der Waals surface area contributed by atoms with Crippen LogP contribution in [-0.2, 0) is 30.4 Å². The van der Waals surface area contributed by atoms with E-state index < -0.39 is 17.6 Å². The van der Waals surface area contributed by atoms with E-state index in [0.717, 1.165) is 37.7 Å². The lowest BCUT2D eigenvalue weighted by Gasteiger charge is -2.38. The number of nitrogens with one attached hydrogen (secondary N) is 3. The summed E-state index contributed by atoms with van der Waals surface area (Å²) in [4.78, 5) is 64.4. The summed E-state index contributed by atoms with van der Waals surface area (Å²) in [7, 11) is 0. The number of carbonyl (C=O) groups is 5. The highest BCUT2D eigenvalue weighted by molar-refractivity contribution is 6.07. The first-order chi connectivity index (χ1) is 21.0. The van der Waals surface area contributed by atoms with Crippen molar-refractivity contribution in [2.75, 3.05) is 25.0 Å². The largest absolute Gasteiger partial charge is 0.373 e. The minimum absolute atomic E-state index is 0.0169. The average Bonchev–Trinajstić information content (AvgIpc) is 3.26. The van der Waals surface area contributed by atoms with Gasteiger partial charge in [-0.25, -0.2) is 0 Å². The van der Waals surface area contributed by atoms with E-state index in [1.807, 2.05) is 45.0 Å². The van der Waals surface area contributed by atoms with E-state index in [0.29, 0.717) is 63.2 Å². The number of likely N-dealkylation sites (tertiary alicyclic amines) is 1. The summed E-state index contributed by atoms with van der Waals surface area (Å²) in [5.74, 6) is -0.448. The summed E-state index contributed by atoms with van der Waals surface area (Å²) in [6.45, 7) is 8.65. The Hall–Kier alpha value is -3.27. The van der Waals surface area contributed by atoms with Gasteiger partial charge in [-0.1, -0.05) is 52.7 Å². The molecule has 2 aliphatic rings. The number of amides is 4. The maximum Gasteiger partial charge on any atom is 0.243 e. The lowest BCUT2D eigenvalue weighted by molar-refractivity contribution is -0.150. The van der Waals surface area contributed by atoms with Crippen molar-refractivity contribution in [2.24, 2.45) is 23.2 Å². The number of hydrogen-bond donors (Lipinski definition) is 4. The van der Waals surface area contributed by atoms with E-state index in [2.05, 4.69) is 22.9 Å². The number of unbranched alkanes of at least 4 members (excludes halogenated alkanes) is 2. The minimum atomic E-state index is -1.14. The van der Waals surface area contributed by atoms with Crippen molar-refractivity contribution < 1.29 is 29.1 Å². The van der Waals surface area contributed by atoms with Gasteiger partial charge in [-0.2, -0.15) is 0 Å². The Balaban J connectivity index is 1.36. The number of benzene rings is 1. The van der Waals surface area contributed by atoms with Gasteiger partial charge in [0.2, 0.25) is 23.6 Å². The Morgan fingerprint density at radius 3 is 2.25 bits per heavy atom. The number of hydrogen-bond acceptors (Lipinski definition) is 6. The molecule has 2 fully saturated rings. The first kappa shape index (κ1) is 35.2. The fourth-order valence-corrected chi connectivity index (χ4v) is 6.09. The van der Waals surface area contributed by atoms with Gasteiger partial charge in [0.15, 0.2) is 0 Å². The maximum absolute atomic E-state index is 13.0. The molecule has 3 rings (SSSR count). The third kappa shape index (κ3) is 9.36. The van der Waals surface area contributed by atoms with Crippen molar-refractivity contribution in [3.63, 3.8) is 0 Å². The van der Waals surface area contributed by atoms with Gasteiger partial charge >= 0.3 is 0 Å². The second-order valence-corrected chi connectivity index (χ2v) is 12.9. The van der Waals surface area contributed by atoms with Crippen LogP contribution in [0.4, 0.5) is 5.69 Å². The molecule has 1 aromatic rings. The first-order valence-corrected chi connectivity index (χ1v) is 16.5. The van der Waals surface area contributed by atoms with E-state index in [-0.39, 0.29) is 41.9 Å². The van der Waals surface area contributed by atoms with Crippen molar-refractivity contribution in [1.29, 1.82) is 0 Å². The van der Waals surface area contributed by atoms with Crippen LogP contribution in [0, 0.1) is 23.2 Å². The molecule has 1 heterocycles. The van der Waals surface area contributed by atoms with Gasteiger partial charge in [-0.05, 0) is 68.1 Å². The second kappa shape index (κ2) is 16.7. The Bertz CT molecular complexity index is 1150. The molecule has 3 atom stereocenters. The van der Waals surface area contributed by atoms with Gasteiger partial charge in [0.1, 0.15) is 17.4 Å². The maximum atomic E-state index is 13.0. The van der Waals surface area contributed by atoms with Crippen LogP contribution < -0.4 is 16.0 Å². The Morgan fingerprint density at radius 1 is 1.00 bits per heavy atom. The predicted molar refractivity (Wildman–Crippen MR) is 169 cm³/mol. The Kier molecular flexibility index (Phi) is 13.4. The van der Waals surface area contributed by atoms with Crippen LogP contribution >= 0.6 is 0 Å². The zero-order chi connectivity index (χ0) is 32.3. The van der Waals surface area contributed by atoms with Crippen molar-refractivity contribution in [2.45, 2.75) is 105 Å². The highest BCUT2D eigenvalue weighted by Gasteiger charge is 2.50. The summed E-state index contributed by atoms with van der Waals surface area (Å²) in [5.41, 5.74) is 0.574. The van der Waals surface area contributed by atoms with E-state index in [1.165, 1.54) is 0 Å². The molecule has 1 aliphatic carbocycles. The predicted octanol–water partition coefficient (Wildman–Crippen LogP) is 3.96. The fourth-order valence-electron chi connectivity index (χ4n) is 6.09. The smallest absolute Gasteiger partial charge is 0.243 e. The highest BCUT2D eigenvalue weighted by Crippen LogP contribution is 2.41. The first-order valence-electron chi connectivity index (χ1n) is 16.5. The number of anilines is 1. The van der Waals surface area contributed by atoms with Crippen molar-refractivity contribution in [3.8, 4) is 0 Å². The number of ketones is 1. The summed E-state index contributed by atoms with van der Waals surface area (Å²) in [6.07, 6.45) is 6.50. The lowest BCUT2D eigenvalue weighted by atomic mass is 9.67. The number of rotatable bonds is 18. The second-order valence-electron chi connectivity index (χ2n) is 12.9. The third-order valence-corrected chi connectivity index (χ3v) is 9.33. The van der Waals surface area contributed by atoms with Gasteiger partial charge in [0, 0.05) is 44.0 Å². The molecule has 244 valence electrons. The monoisotopic (exact) mass is 612 g/mol. The molecule has 1 saturated heterocycles. The Morgan fingerprint density at radius 2 is 1.68 bits per heavy atom. The van der Waals surface area contributed by atoms with Gasteiger partial charge in [0.05, 0.1) is 6.54 Å². The fraction of sp³-hybridized carbons (Fsp3) is 0.676. The van der Waals surface area contributed by atoms with E-state index >= 15 is 0 Å². The molecule has 0 aromatic heterocycles. The standard InChI is InChI=1S/C34H52N4O6/c1-5-24(20-27(39)6-2)19-25-11-13-26(14-12-25)37-29(40)22-36-33(44)34(15-10-16-34)32(43)35-17-8-7-9-18-38-30(41)21-28(23(3)4)31(38)42/h11-14,23-24,28,30,41H,5-10,15-22H2,1-4H3,(H,35,43)(H,36,44)(H,37,40). The third-order valence-electron chi connectivity index (χ3n) is 9.33. The normalized spacial score (nSPS) is 19.8. The van der Waals surface area contributed by atoms with Crippen LogP contribution in [0.15, 0.2) is 24.3 Å². The molecule has 44 heavy (non-hydrogen) atoms. The molecule has 0 spiro atoms. The van der Waals surface area contributed by atoms with E-state index in [4.69, 9.17) is 0 Å². The number of carbonyl (C=O) groups excluding carboxylic acids is 5. The summed E-state index contributed by atoms with van der Waals surface area (Å²) >= 11 is 0. The van der Waals surface area contributed by atoms with E-state index in [1.54, 1.807) is 4.90 Å². The summed E-state index contributed by atoms with van der Waals surface area (Å²) in [6, 6.07) is 7.52. The minimum Gasteiger partial charge on any atom is -0.373 e. The average molecular weight is 613 g/mol. The van der Waals surface area contributed by atoms with Crippen molar-refractivity contribution in [1.82, 2.24) is 15.5 Å². The molecular weight excluding hydrogens is 560 g/mol. The number of aliphatic hydroxyl groups excluding tert-OH is 1. The zero-order valence-electron chi connectivity index (χ0n) is 27.0. The van der Waals surface area contributed by atoms with Crippen LogP contribution in [0.1, 0.15) is 97.5 Å². The van der Waals surface area contributed by atoms with Crippen LogP contribution in [0.3, 0.4) is 0 Å². The molecule has 4 N–H and O–H groups in total. The van der Waals surface area contributed by atoms with Gasteiger partial charge < -0.3 is 26.0 Å². The topological polar surface area (TPSA) is 145 Å². The van der Waals surface area contributed by atoms with Crippen LogP contribution in [0.25, 0.3) is 0 Å². The molecule has 10 heteroatoms. The molecule has 0 bridgehead atoms.